The van der Waals surface area contributed by atoms with E-state index in [1.54, 1.807) is 29.5 Å². The maximum atomic E-state index is 12.4. The fraction of sp³-hybridized carbons (Fsp3) is 0.400. The minimum Gasteiger partial charge on any atom is -0.508 e. The zero-order chi connectivity index (χ0) is 12.7. The summed E-state index contributed by atoms with van der Waals surface area (Å²) < 4.78 is 0.913. The first-order chi connectivity index (χ1) is 8.69. The van der Waals surface area contributed by atoms with Crippen LogP contribution in [0, 0.1) is 5.92 Å². The number of hydrogen-bond donors (Lipinski definition) is 1. The molecule has 1 aromatic heterocycles. The van der Waals surface area contributed by atoms with Gasteiger partial charge in [0.05, 0.1) is 0 Å². The lowest BCUT2D eigenvalue weighted by Gasteiger charge is -2.22. The van der Waals surface area contributed by atoms with Gasteiger partial charge in [0.15, 0.2) is 5.43 Å². The summed E-state index contributed by atoms with van der Waals surface area (Å²) in [6.45, 7) is 2.21. The maximum absolute atomic E-state index is 12.4. The lowest BCUT2D eigenvalue weighted by Crippen LogP contribution is -2.20. The van der Waals surface area contributed by atoms with Gasteiger partial charge >= 0.3 is 0 Å². The van der Waals surface area contributed by atoms with Crippen molar-refractivity contribution in [3.05, 3.63) is 38.9 Å². The van der Waals surface area contributed by atoms with E-state index in [2.05, 4.69) is 6.92 Å². The van der Waals surface area contributed by atoms with Crippen LogP contribution in [0.1, 0.15) is 30.2 Å². The van der Waals surface area contributed by atoms with Crippen molar-refractivity contribution in [2.45, 2.75) is 32.6 Å². The summed E-state index contributed by atoms with van der Waals surface area (Å²) in [5.74, 6) is 0.948. The lowest BCUT2D eigenvalue weighted by atomic mass is 9.87. The van der Waals surface area contributed by atoms with Gasteiger partial charge < -0.3 is 5.11 Å². The molecule has 2 nitrogen and oxygen atoms in total. The van der Waals surface area contributed by atoms with Crippen LogP contribution >= 0.6 is 11.3 Å². The Hall–Kier alpha value is -1.35. The topological polar surface area (TPSA) is 37.3 Å². The van der Waals surface area contributed by atoms with Gasteiger partial charge in [-0.1, -0.05) is 13.3 Å². The molecule has 0 radical (unpaired) electrons. The quantitative estimate of drug-likeness (QED) is 0.852. The Bertz CT molecular complexity index is 657. The number of phenolic OH excluding ortho intramolecular Hbond substituents is 1. The highest BCUT2D eigenvalue weighted by atomic mass is 32.1. The van der Waals surface area contributed by atoms with Crippen LogP contribution < -0.4 is 5.43 Å². The van der Waals surface area contributed by atoms with Crippen LogP contribution in [0.5, 0.6) is 5.75 Å². The van der Waals surface area contributed by atoms with E-state index in [4.69, 9.17) is 0 Å². The van der Waals surface area contributed by atoms with E-state index < -0.39 is 0 Å². The number of benzene rings is 1. The molecule has 0 saturated heterocycles. The zero-order valence-corrected chi connectivity index (χ0v) is 11.2. The molecule has 0 aliphatic heterocycles. The molecule has 3 heteroatoms. The summed E-state index contributed by atoms with van der Waals surface area (Å²) in [5.41, 5.74) is 1.19. The number of phenols is 1. The molecule has 0 saturated carbocycles. The van der Waals surface area contributed by atoms with Crippen LogP contribution in [0.3, 0.4) is 0 Å². The zero-order valence-electron chi connectivity index (χ0n) is 10.4. The molecule has 3 rings (SSSR count). The van der Waals surface area contributed by atoms with Crippen LogP contribution in [0.4, 0.5) is 0 Å². The Kier molecular flexibility index (Phi) is 2.86. The molecule has 94 valence electrons. The fourth-order valence-electron chi connectivity index (χ4n) is 2.75. The minimum atomic E-state index is 0.174. The third-order valence-electron chi connectivity index (χ3n) is 3.91. The third-order valence-corrected chi connectivity index (χ3v) is 5.12. The highest BCUT2D eigenvalue weighted by molar-refractivity contribution is 7.18. The molecule has 0 fully saturated rings. The molecule has 1 aliphatic rings. The lowest BCUT2D eigenvalue weighted by molar-refractivity contribution is 0.448. The highest BCUT2D eigenvalue weighted by Crippen LogP contribution is 2.32. The van der Waals surface area contributed by atoms with Crippen LogP contribution in [-0.4, -0.2) is 5.11 Å². The minimum absolute atomic E-state index is 0.174. The number of fused-ring (bicyclic) bond motifs is 2. The van der Waals surface area contributed by atoms with Gasteiger partial charge in [-0.3, -0.25) is 4.79 Å². The molecule has 1 atom stereocenters. The van der Waals surface area contributed by atoms with E-state index in [9.17, 15) is 9.90 Å². The van der Waals surface area contributed by atoms with Gasteiger partial charge in [-0.15, -0.1) is 11.3 Å². The van der Waals surface area contributed by atoms with Gasteiger partial charge in [-0.2, -0.15) is 0 Å². The smallest absolute Gasteiger partial charge is 0.191 e. The van der Waals surface area contributed by atoms with Gasteiger partial charge in [-0.05, 0) is 43.4 Å². The van der Waals surface area contributed by atoms with Gasteiger partial charge in [0.2, 0.25) is 0 Å². The summed E-state index contributed by atoms with van der Waals surface area (Å²) in [6.07, 6.45) is 4.25. The molecule has 1 unspecified atom stereocenters. The van der Waals surface area contributed by atoms with Crippen molar-refractivity contribution in [3.63, 3.8) is 0 Å². The molecular weight excluding hydrogens is 244 g/mol. The first kappa shape index (κ1) is 11.7. The van der Waals surface area contributed by atoms with Crippen molar-refractivity contribution >= 4 is 21.4 Å². The van der Waals surface area contributed by atoms with Crippen LogP contribution in [0.25, 0.3) is 10.1 Å². The molecule has 1 aromatic carbocycles. The van der Waals surface area contributed by atoms with E-state index in [1.165, 1.54) is 11.3 Å². The first-order valence-electron chi connectivity index (χ1n) is 6.46. The van der Waals surface area contributed by atoms with E-state index in [1.807, 2.05) is 0 Å². The summed E-state index contributed by atoms with van der Waals surface area (Å²) in [4.78, 5) is 13.6. The van der Waals surface area contributed by atoms with Crippen molar-refractivity contribution in [3.8, 4) is 5.75 Å². The Morgan fingerprint density at radius 1 is 1.44 bits per heavy atom. The normalized spacial score (nSPS) is 18.8. The molecule has 0 spiro atoms. The Morgan fingerprint density at radius 3 is 3.06 bits per heavy atom. The van der Waals surface area contributed by atoms with E-state index in [-0.39, 0.29) is 11.2 Å². The number of aromatic hydroxyl groups is 1. The largest absolute Gasteiger partial charge is 0.508 e. The van der Waals surface area contributed by atoms with Crippen LogP contribution in [-0.2, 0) is 12.8 Å². The molecule has 0 bridgehead atoms. The summed E-state index contributed by atoms with van der Waals surface area (Å²) >= 11 is 1.68. The maximum Gasteiger partial charge on any atom is 0.191 e. The second kappa shape index (κ2) is 4.39. The van der Waals surface area contributed by atoms with Crippen LogP contribution in [0.15, 0.2) is 23.0 Å². The molecule has 1 heterocycles. The van der Waals surface area contributed by atoms with Gasteiger partial charge in [-0.25, -0.2) is 0 Å². The van der Waals surface area contributed by atoms with E-state index >= 15 is 0 Å². The average molecular weight is 260 g/mol. The van der Waals surface area contributed by atoms with Crippen molar-refractivity contribution in [1.82, 2.24) is 0 Å². The van der Waals surface area contributed by atoms with E-state index in [0.29, 0.717) is 5.92 Å². The standard InChI is InChI=1S/C15H16O2S/c1-2-9-3-5-11-13(7-9)18-14-8-10(16)4-6-12(14)15(11)17/h4,6,8-9,16H,2-3,5,7H2,1H3. The predicted molar refractivity (Wildman–Crippen MR) is 75.6 cm³/mol. The molecule has 0 amide bonds. The highest BCUT2D eigenvalue weighted by Gasteiger charge is 2.21. The Balaban J connectivity index is 2.23. The molecule has 1 N–H and O–H groups in total. The van der Waals surface area contributed by atoms with Crippen molar-refractivity contribution in [2.24, 2.45) is 5.92 Å². The molecular formula is C15H16O2S. The number of hydrogen-bond acceptors (Lipinski definition) is 3. The second-order valence-corrected chi connectivity index (χ2v) is 6.17. The summed E-state index contributed by atoms with van der Waals surface area (Å²) in [7, 11) is 0. The Labute approximate surface area is 110 Å². The average Bonchev–Trinajstić information content (AvgIpc) is 2.38. The van der Waals surface area contributed by atoms with Gasteiger partial charge in [0.25, 0.3) is 0 Å². The van der Waals surface area contributed by atoms with Gasteiger partial charge in [0.1, 0.15) is 5.75 Å². The van der Waals surface area contributed by atoms with E-state index in [0.717, 1.165) is 34.9 Å². The van der Waals surface area contributed by atoms with Gasteiger partial charge in [0, 0.05) is 20.5 Å². The van der Waals surface area contributed by atoms with Crippen molar-refractivity contribution in [1.29, 1.82) is 0 Å². The second-order valence-electron chi connectivity index (χ2n) is 5.03. The Morgan fingerprint density at radius 2 is 2.28 bits per heavy atom. The van der Waals surface area contributed by atoms with Crippen molar-refractivity contribution < 1.29 is 5.11 Å². The SMILES string of the molecule is CCC1CCc2c(sc3cc(O)ccc3c2=O)C1. The fourth-order valence-corrected chi connectivity index (χ4v) is 4.10. The monoisotopic (exact) mass is 260 g/mol. The summed E-state index contributed by atoms with van der Waals surface area (Å²) in [6, 6.07) is 5.05. The molecule has 1 aliphatic carbocycles. The first-order valence-corrected chi connectivity index (χ1v) is 7.28. The van der Waals surface area contributed by atoms with Crippen LogP contribution in [0.2, 0.25) is 0 Å². The number of rotatable bonds is 1. The predicted octanol–water partition coefficient (Wildman–Crippen LogP) is 3.48. The molecule has 2 aromatic rings. The third kappa shape index (κ3) is 1.83. The summed E-state index contributed by atoms with van der Waals surface area (Å²) in [5, 5.41) is 10.3. The van der Waals surface area contributed by atoms with Crippen molar-refractivity contribution in [2.75, 3.05) is 0 Å². The molecule has 18 heavy (non-hydrogen) atoms.